The summed E-state index contributed by atoms with van der Waals surface area (Å²) in [5, 5.41) is 14.2. The fraction of sp³-hybridized carbons (Fsp3) is 0.0588. The second-order valence-electron chi connectivity index (χ2n) is 4.84. The van der Waals surface area contributed by atoms with Gasteiger partial charge in [-0.25, -0.2) is 4.79 Å². The minimum absolute atomic E-state index is 0.210. The molecule has 1 heterocycles. The molecule has 0 amide bonds. The summed E-state index contributed by atoms with van der Waals surface area (Å²) in [6, 6.07) is 16.1. The van der Waals surface area contributed by atoms with Crippen LogP contribution in [0.5, 0.6) is 0 Å². The van der Waals surface area contributed by atoms with Gasteiger partial charge in [-0.15, -0.1) is 0 Å². The number of rotatable bonds is 4. The van der Waals surface area contributed by atoms with Gasteiger partial charge in [-0.3, -0.25) is 5.43 Å². The first-order valence-corrected chi connectivity index (χ1v) is 6.76. The van der Waals surface area contributed by atoms with Crippen LogP contribution in [0.15, 0.2) is 64.1 Å². The molecule has 5 heteroatoms. The number of nitrogens with one attached hydrogen (secondary N) is 1. The van der Waals surface area contributed by atoms with Crippen molar-refractivity contribution >= 4 is 28.3 Å². The van der Waals surface area contributed by atoms with Gasteiger partial charge in [-0.05, 0) is 37.3 Å². The van der Waals surface area contributed by atoms with E-state index >= 15 is 0 Å². The molecule has 0 fully saturated rings. The van der Waals surface area contributed by atoms with Gasteiger partial charge in [0.2, 0.25) is 0 Å². The van der Waals surface area contributed by atoms with E-state index in [1.807, 2.05) is 37.3 Å². The average molecular weight is 294 g/mol. The lowest BCUT2D eigenvalue weighted by atomic mass is 10.2. The van der Waals surface area contributed by atoms with E-state index in [9.17, 15) is 4.79 Å². The Labute approximate surface area is 126 Å². The van der Waals surface area contributed by atoms with Crippen molar-refractivity contribution in [3.05, 3.63) is 65.9 Å². The smallest absolute Gasteiger partial charge is 0.335 e. The molecule has 5 nitrogen and oxygen atoms in total. The number of hydrazone groups is 1. The molecule has 0 saturated heterocycles. The Bertz CT molecular complexity index is 832. The van der Waals surface area contributed by atoms with Gasteiger partial charge in [-0.2, -0.15) is 5.10 Å². The van der Waals surface area contributed by atoms with Crippen LogP contribution in [0.1, 0.15) is 23.0 Å². The molecular weight excluding hydrogens is 280 g/mol. The maximum absolute atomic E-state index is 10.9. The number of fused-ring (bicyclic) bond motifs is 1. The Morgan fingerprint density at radius 1 is 1.14 bits per heavy atom. The van der Waals surface area contributed by atoms with Crippen LogP contribution in [0, 0.1) is 0 Å². The van der Waals surface area contributed by atoms with Gasteiger partial charge >= 0.3 is 5.97 Å². The van der Waals surface area contributed by atoms with Crippen molar-refractivity contribution in [2.45, 2.75) is 6.92 Å². The van der Waals surface area contributed by atoms with Crippen LogP contribution in [0.2, 0.25) is 0 Å². The summed E-state index contributed by atoms with van der Waals surface area (Å²) >= 11 is 0. The second kappa shape index (κ2) is 5.73. The summed E-state index contributed by atoms with van der Waals surface area (Å²) in [5.74, 6) is -0.301. The standard InChI is InChI=1S/C17H14N2O3/c1-11(16-10-12-5-2-3-8-15(12)22-16)18-19-14-7-4-6-13(9-14)17(20)21/h2-10,19H,1H3,(H,20,21)/b18-11-. The van der Waals surface area contributed by atoms with E-state index in [1.165, 1.54) is 12.1 Å². The summed E-state index contributed by atoms with van der Waals surface area (Å²) in [6.07, 6.45) is 0. The molecule has 0 radical (unpaired) electrons. The quantitative estimate of drug-likeness (QED) is 0.564. The highest BCUT2D eigenvalue weighted by atomic mass is 16.4. The van der Waals surface area contributed by atoms with Crippen molar-refractivity contribution in [3.8, 4) is 0 Å². The van der Waals surface area contributed by atoms with E-state index in [-0.39, 0.29) is 5.56 Å². The summed E-state index contributed by atoms with van der Waals surface area (Å²) in [5.41, 5.74) is 5.15. The molecule has 0 aliphatic heterocycles. The maximum atomic E-state index is 10.9. The zero-order valence-electron chi connectivity index (χ0n) is 11.9. The summed E-state index contributed by atoms with van der Waals surface area (Å²) in [7, 11) is 0. The van der Waals surface area contributed by atoms with Gasteiger partial charge < -0.3 is 9.52 Å². The van der Waals surface area contributed by atoms with E-state index in [1.54, 1.807) is 12.1 Å². The lowest BCUT2D eigenvalue weighted by molar-refractivity contribution is 0.0697. The van der Waals surface area contributed by atoms with Gasteiger partial charge in [0.05, 0.1) is 11.3 Å². The fourth-order valence-corrected chi connectivity index (χ4v) is 2.09. The Morgan fingerprint density at radius 2 is 1.95 bits per heavy atom. The number of hydrogen-bond donors (Lipinski definition) is 2. The van der Waals surface area contributed by atoms with Gasteiger partial charge in [0, 0.05) is 5.39 Å². The Balaban J connectivity index is 1.82. The highest BCUT2D eigenvalue weighted by Crippen LogP contribution is 2.19. The molecule has 0 unspecified atom stereocenters. The Morgan fingerprint density at radius 3 is 2.73 bits per heavy atom. The first kappa shape index (κ1) is 13.9. The topological polar surface area (TPSA) is 74.8 Å². The molecule has 3 rings (SSSR count). The maximum Gasteiger partial charge on any atom is 0.335 e. The molecule has 2 N–H and O–H groups in total. The second-order valence-corrected chi connectivity index (χ2v) is 4.84. The summed E-state index contributed by atoms with van der Waals surface area (Å²) in [4.78, 5) is 10.9. The largest absolute Gasteiger partial charge is 0.478 e. The molecule has 22 heavy (non-hydrogen) atoms. The number of hydrogen-bond acceptors (Lipinski definition) is 4. The number of carbonyl (C=O) groups is 1. The van der Waals surface area contributed by atoms with E-state index < -0.39 is 5.97 Å². The molecule has 0 spiro atoms. The van der Waals surface area contributed by atoms with Crippen LogP contribution in [-0.2, 0) is 0 Å². The van der Waals surface area contributed by atoms with Crippen molar-refractivity contribution in [1.29, 1.82) is 0 Å². The number of carboxylic acids is 1. The van der Waals surface area contributed by atoms with E-state index in [4.69, 9.17) is 9.52 Å². The lowest BCUT2D eigenvalue weighted by Crippen LogP contribution is -2.00. The van der Waals surface area contributed by atoms with Gasteiger partial charge in [-0.1, -0.05) is 24.3 Å². The SMILES string of the molecule is C/C(=N/Nc1cccc(C(=O)O)c1)c1cc2ccccc2o1. The Hall–Kier alpha value is -3.08. The summed E-state index contributed by atoms with van der Waals surface area (Å²) < 4.78 is 5.72. The molecule has 0 aliphatic rings. The molecule has 110 valence electrons. The van der Waals surface area contributed by atoms with Crippen molar-refractivity contribution < 1.29 is 14.3 Å². The Kier molecular flexibility index (Phi) is 3.62. The number of aromatic carboxylic acids is 1. The predicted molar refractivity (Wildman–Crippen MR) is 85.4 cm³/mol. The zero-order valence-corrected chi connectivity index (χ0v) is 11.9. The van der Waals surface area contributed by atoms with E-state index in [0.29, 0.717) is 17.2 Å². The van der Waals surface area contributed by atoms with Crippen LogP contribution >= 0.6 is 0 Å². The zero-order chi connectivity index (χ0) is 15.5. The third-order valence-corrected chi connectivity index (χ3v) is 3.24. The number of benzene rings is 2. The van der Waals surface area contributed by atoms with Crippen LogP contribution in [0.25, 0.3) is 11.0 Å². The first-order valence-electron chi connectivity index (χ1n) is 6.76. The number of nitrogens with zero attached hydrogens (tertiary/aromatic N) is 1. The molecule has 2 aromatic carbocycles. The normalized spacial score (nSPS) is 11.6. The van der Waals surface area contributed by atoms with Crippen molar-refractivity contribution in [3.63, 3.8) is 0 Å². The third-order valence-electron chi connectivity index (χ3n) is 3.24. The van der Waals surface area contributed by atoms with Crippen LogP contribution in [-0.4, -0.2) is 16.8 Å². The number of para-hydroxylation sites is 1. The lowest BCUT2D eigenvalue weighted by Gasteiger charge is -2.02. The van der Waals surface area contributed by atoms with Gasteiger partial charge in [0.15, 0.2) is 5.76 Å². The molecule has 0 bridgehead atoms. The molecule has 0 saturated carbocycles. The highest BCUT2D eigenvalue weighted by Gasteiger charge is 2.06. The van der Waals surface area contributed by atoms with Crippen molar-refractivity contribution in [1.82, 2.24) is 0 Å². The van der Waals surface area contributed by atoms with Crippen LogP contribution in [0.3, 0.4) is 0 Å². The number of anilines is 1. The van der Waals surface area contributed by atoms with Gasteiger partial charge in [0.25, 0.3) is 0 Å². The minimum atomic E-state index is -0.971. The van der Waals surface area contributed by atoms with Crippen LogP contribution in [0.4, 0.5) is 5.69 Å². The van der Waals surface area contributed by atoms with Crippen molar-refractivity contribution in [2.75, 3.05) is 5.43 Å². The minimum Gasteiger partial charge on any atom is -0.478 e. The molecule has 0 atom stereocenters. The van der Waals surface area contributed by atoms with Crippen molar-refractivity contribution in [2.24, 2.45) is 5.10 Å². The highest BCUT2D eigenvalue weighted by molar-refractivity contribution is 6.00. The monoisotopic (exact) mass is 294 g/mol. The molecular formula is C17H14N2O3. The third kappa shape index (κ3) is 2.83. The predicted octanol–water partition coefficient (Wildman–Crippen LogP) is 3.97. The number of carboxylic acid groups (broad SMARTS) is 1. The molecule has 0 aliphatic carbocycles. The van der Waals surface area contributed by atoms with E-state index in [0.717, 1.165) is 11.0 Å². The number of furan rings is 1. The average Bonchev–Trinajstić information content (AvgIpc) is 2.97. The van der Waals surface area contributed by atoms with Gasteiger partial charge in [0.1, 0.15) is 11.3 Å². The fourth-order valence-electron chi connectivity index (χ4n) is 2.09. The van der Waals surface area contributed by atoms with Crippen LogP contribution < -0.4 is 5.43 Å². The molecule has 1 aromatic heterocycles. The molecule has 3 aromatic rings. The first-order chi connectivity index (χ1) is 10.6. The summed E-state index contributed by atoms with van der Waals surface area (Å²) in [6.45, 7) is 1.83. The van der Waals surface area contributed by atoms with E-state index in [2.05, 4.69) is 10.5 Å².